The van der Waals surface area contributed by atoms with Gasteiger partial charge in [0.2, 0.25) is 0 Å². The van der Waals surface area contributed by atoms with E-state index in [0.29, 0.717) is 56.1 Å². The number of carbonyl (C=O) groups excluding carboxylic acids is 3. The molecule has 0 saturated heterocycles. The zero-order valence-electron chi connectivity index (χ0n) is 18.1. The van der Waals surface area contributed by atoms with Gasteiger partial charge in [0.25, 0.3) is 11.8 Å². The van der Waals surface area contributed by atoms with Crippen molar-refractivity contribution in [3.05, 3.63) is 91.8 Å². The van der Waals surface area contributed by atoms with E-state index in [1.165, 1.54) is 0 Å². The summed E-state index contributed by atoms with van der Waals surface area (Å²) in [6.45, 7) is 1.74. The Morgan fingerprint density at radius 3 is 2.41 bits per heavy atom. The second-order valence-electron chi connectivity index (χ2n) is 7.60. The van der Waals surface area contributed by atoms with Crippen molar-refractivity contribution in [1.82, 2.24) is 16.3 Å². The maximum Gasteiger partial charge on any atom is 0.305 e. The molecule has 0 spiro atoms. The Morgan fingerprint density at radius 2 is 1.68 bits per heavy atom. The number of amides is 3. The lowest BCUT2D eigenvalue weighted by Gasteiger charge is -2.13. The Balaban J connectivity index is 1.48. The lowest BCUT2D eigenvalue weighted by Crippen LogP contribution is -2.41. The van der Waals surface area contributed by atoms with Gasteiger partial charge in [-0.25, -0.2) is 5.43 Å². The highest BCUT2D eigenvalue weighted by molar-refractivity contribution is 9.10. The van der Waals surface area contributed by atoms with Gasteiger partial charge in [-0.2, -0.15) is 5.10 Å². The number of fused-ring (bicyclic) bond motifs is 1. The molecule has 8 nitrogen and oxygen atoms in total. The summed E-state index contributed by atoms with van der Waals surface area (Å²) in [5.41, 5.74) is 10.1. The van der Waals surface area contributed by atoms with Crippen LogP contribution in [0.15, 0.2) is 62.5 Å². The number of hydrazone groups is 1. The van der Waals surface area contributed by atoms with E-state index in [2.05, 4.69) is 37.3 Å². The van der Waals surface area contributed by atoms with Crippen molar-refractivity contribution in [3.8, 4) is 0 Å². The van der Waals surface area contributed by atoms with Gasteiger partial charge in [-0.3, -0.25) is 25.2 Å². The van der Waals surface area contributed by atoms with Crippen molar-refractivity contribution < 1.29 is 18.8 Å². The molecule has 2 aromatic carbocycles. The van der Waals surface area contributed by atoms with Crippen LogP contribution in [-0.2, 0) is 6.42 Å². The lowest BCUT2D eigenvalue weighted by molar-refractivity contribution is 0.0829. The molecule has 4 rings (SSSR count). The van der Waals surface area contributed by atoms with E-state index in [1.54, 1.807) is 55.5 Å². The third-order valence-corrected chi connectivity index (χ3v) is 6.28. The maximum atomic E-state index is 12.7. The minimum atomic E-state index is -0.586. The summed E-state index contributed by atoms with van der Waals surface area (Å²) in [7, 11) is 0. The van der Waals surface area contributed by atoms with Crippen LogP contribution in [-0.4, -0.2) is 23.4 Å². The van der Waals surface area contributed by atoms with Gasteiger partial charge in [0.15, 0.2) is 5.76 Å². The number of aryl methyl sites for hydroxylation is 1. The molecule has 3 aromatic rings. The zero-order chi connectivity index (χ0) is 24.2. The first-order valence-corrected chi connectivity index (χ1v) is 11.6. The summed E-state index contributed by atoms with van der Waals surface area (Å²) < 4.78 is 6.42. The minimum Gasteiger partial charge on any atom is -0.455 e. The molecule has 174 valence electrons. The fourth-order valence-electron chi connectivity index (χ4n) is 3.66. The van der Waals surface area contributed by atoms with Crippen LogP contribution in [0, 0.1) is 6.92 Å². The predicted octanol–water partition coefficient (Wildman–Crippen LogP) is 4.55. The molecule has 1 heterocycles. The number of halogens is 2. The maximum absolute atomic E-state index is 12.7. The van der Waals surface area contributed by atoms with E-state index in [-0.39, 0.29) is 11.7 Å². The predicted molar refractivity (Wildman–Crippen MR) is 131 cm³/mol. The first-order valence-electron chi connectivity index (χ1n) is 10.5. The van der Waals surface area contributed by atoms with Crippen molar-refractivity contribution >= 4 is 51.0 Å². The fraction of sp³-hybridized carbons (Fsp3) is 0.167. The van der Waals surface area contributed by atoms with Gasteiger partial charge in [0.05, 0.1) is 11.3 Å². The highest BCUT2D eigenvalue weighted by atomic mass is 79.9. The Morgan fingerprint density at radius 1 is 0.971 bits per heavy atom. The second kappa shape index (κ2) is 10.2. The first-order chi connectivity index (χ1) is 16.3. The fourth-order valence-corrected chi connectivity index (χ4v) is 4.25. The number of hydrazine groups is 1. The van der Waals surface area contributed by atoms with E-state index >= 15 is 0 Å². The molecule has 1 aliphatic rings. The highest BCUT2D eigenvalue weighted by Crippen LogP contribution is 2.30. The molecule has 0 unspecified atom stereocenters. The Bertz CT molecular complexity index is 1300. The number of nitrogens with zero attached hydrogens (tertiary/aromatic N) is 1. The Kier molecular flexibility index (Phi) is 7.14. The topological polar surface area (TPSA) is 113 Å². The van der Waals surface area contributed by atoms with Crippen LogP contribution >= 0.6 is 27.5 Å². The third kappa shape index (κ3) is 5.05. The Labute approximate surface area is 208 Å². The van der Waals surface area contributed by atoms with Gasteiger partial charge < -0.3 is 4.42 Å². The summed E-state index contributed by atoms with van der Waals surface area (Å²) in [5, 5.41) is 4.83. The zero-order valence-corrected chi connectivity index (χ0v) is 20.4. The summed E-state index contributed by atoms with van der Waals surface area (Å²) in [6, 6.07) is 13.3. The molecule has 0 fully saturated rings. The monoisotopic (exact) mass is 542 g/mol. The van der Waals surface area contributed by atoms with E-state index in [4.69, 9.17) is 16.0 Å². The number of rotatable bonds is 4. The average Bonchev–Trinajstić information content (AvgIpc) is 3.18. The Hall–Kier alpha value is -3.43. The van der Waals surface area contributed by atoms with Crippen molar-refractivity contribution in [2.45, 2.75) is 26.2 Å². The number of hydrogen-bond donors (Lipinski definition) is 3. The van der Waals surface area contributed by atoms with Gasteiger partial charge in [-0.05, 0) is 72.1 Å². The number of nitrogens with one attached hydrogen (secondary N) is 3. The molecule has 34 heavy (non-hydrogen) atoms. The molecule has 3 N–H and O–H groups in total. The van der Waals surface area contributed by atoms with Crippen molar-refractivity contribution in [3.63, 3.8) is 0 Å². The van der Waals surface area contributed by atoms with Gasteiger partial charge in [0.1, 0.15) is 5.76 Å². The van der Waals surface area contributed by atoms with E-state index < -0.39 is 11.8 Å². The number of carbonyl (C=O) groups is 3. The van der Waals surface area contributed by atoms with Gasteiger partial charge in [0, 0.05) is 32.6 Å². The molecule has 1 aromatic heterocycles. The molecule has 0 atom stereocenters. The lowest BCUT2D eigenvalue weighted by atomic mass is 9.93. The SMILES string of the molecule is Cc1c(C(=O)NNC(=O)c2ccccc2Br)oc2c1/C(=N/NC(=O)c1ccc(Cl)cc1)CCC2. The number of hydrogen-bond acceptors (Lipinski definition) is 5. The molecule has 0 aliphatic heterocycles. The molecule has 0 saturated carbocycles. The summed E-state index contributed by atoms with van der Waals surface area (Å²) >= 11 is 9.17. The van der Waals surface area contributed by atoms with E-state index in [9.17, 15) is 14.4 Å². The van der Waals surface area contributed by atoms with Crippen molar-refractivity contribution in [1.29, 1.82) is 0 Å². The van der Waals surface area contributed by atoms with E-state index in [1.807, 2.05) is 0 Å². The normalized spacial score (nSPS) is 13.8. The largest absolute Gasteiger partial charge is 0.455 e. The van der Waals surface area contributed by atoms with Crippen LogP contribution in [0.4, 0.5) is 0 Å². The van der Waals surface area contributed by atoms with Gasteiger partial charge in [-0.15, -0.1) is 0 Å². The quantitative estimate of drug-likeness (QED) is 0.419. The van der Waals surface area contributed by atoms with Crippen LogP contribution in [0.5, 0.6) is 0 Å². The molecule has 0 bridgehead atoms. The van der Waals surface area contributed by atoms with Crippen molar-refractivity contribution in [2.24, 2.45) is 5.10 Å². The average molecular weight is 544 g/mol. The van der Waals surface area contributed by atoms with Gasteiger partial charge >= 0.3 is 5.91 Å². The summed E-state index contributed by atoms with van der Waals surface area (Å²) in [5.74, 6) is -0.731. The van der Waals surface area contributed by atoms with E-state index in [0.717, 1.165) is 6.42 Å². The first kappa shape index (κ1) is 23.7. The van der Waals surface area contributed by atoms with Crippen LogP contribution in [0.25, 0.3) is 0 Å². The van der Waals surface area contributed by atoms with Crippen molar-refractivity contribution in [2.75, 3.05) is 0 Å². The van der Waals surface area contributed by atoms with Crippen LogP contribution in [0.3, 0.4) is 0 Å². The molecular weight excluding hydrogens is 524 g/mol. The molecule has 1 aliphatic carbocycles. The van der Waals surface area contributed by atoms with Gasteiger partial charge in [-0.1, -0.05) is 23.7 Å². The van der Waals surface area contributed by atoms with Crippen LogP contribution < -0.4 is 16.3 Å². The standard InChI is InChI=1S/C24H20BrClN4O4/c1-13-20-18(27-28-22(31)14-9-11-15(26)12-10-14)7-4-8-19(20)34-21(13)24(33)30-29-23(32)16-5-2-3-6-17(16)25/h2-3,5-6,9-12H,4,7-8H2,1H3,(H,28,31)(H,29,32)(H,30,33)/b27-18+. The summed E-state index contributed by atoms with van der Waals surface area (Å²) in [6.07, 6.45) is 2.01. The molecule has 10 heteroatoms. The van der Waals surface area contributed by atoms with Crippen LogP contribution in [0.1, 0.15) is 61.0 Å². The smallest absolute Gasteiger partial charge is 0.305 e. The number of benzene rings is 2. The molecule has 0 radical (unpaired) electrons. The minimum absolute atomic E-state index is 0.0797. The summed E-state index contributed by atoms with van der Waals surface area (Å²) in [4.78, 5) is 37.5. The highest BCUT2D eigenvalue weighted by Gasteiger charge is 2.28. The molecular formula is C24H20BrClN4O4. The van der Waals surface area contributed by atoms with Crippen LogP contribution in [0.2, 0.25) is 5.02 Å². The number of furan rings is 1. The second-order valence-corrected chi connectivity index (χ2v) is 8.89. The third-order valence-electron chi connectivity index (χ3n) is 5.34. The molecule has 3 amide bonds.